The third-order valence-electron chi connectivity index (χ3n) is 2.89. The van der Waals surface area contributed by atoms with Gasteiger partial charge in [0.15, 0.2) is 5.84 Å². The molecule has 0 unspecified atom stereocenters. The van der Waals surface area contributed by atoms with Crippen molar-refractivity contribution in [3.8, 4) is 11.5 Å². The molecular weight excluding hydrogens is 259 g/mol. The van der Waals surface area contributed by atoms with E-state index in [0.717, 1.165) is 11.1 Å². The molecule has 0 spiro atoms. The number of hydrogen-bond donors (Lipinski definition) is 2. The molecule has 0 aliphatic heterocycles. The minimum Gasteiger partial charge on any atom is -0.456 e. The van der Waals surface area contributed by atoms with Crippen molar-refractivity contribution in [3.05, 3.63) is 58.9 Å². The molecular formula is C15H15FN2O2. The Labute approximate surface area is 116 Å². The molecule has 0 aliphatic rings. The molecule has 2 aromatic carbocycles. The van der Waals surface area contributed by atoms with Crippen LogP contribution < -0.4 is 10.5 Å². The maximum absolute atomic E-state index is 13.8. The first kappa shape index (κ1) is 13.9. The number of benzene rings is 2. The van der Waals surface area contributed by atoms with Crippen molar-refractivity contribution in [2.24, 2.45) is 10.9 Å². The molecule has 0 aliphatic carbocycles. The summed E-state index contributed by atoms with van der Waals surface area (Å²) in [5.41, 5.74) is 7.45. The van der Waals surface area contributed by atoms with Gasteiger partial charge >= 0.3 is 0 Å². The Kier molecular flexibility index (Phi) is 3.89. The second kappa shape index (κ2) is 5.61. The number of rotatable bonds is 3. The quantitative estimate of drug-likeness (QED) is 0.390. The van der Waals surface area contributed by atoms with Crippen LogP contribution in [0.5, 0.6) is 11.5 Å². The van der Waals surface area contributed by atoms with Crippen molar-refractivity contribution in [3.63, 3.8) is 0 Å². The molecule has 3 N–H and O–H groups in total. The van der Waals surface area contributed by atoms with Crippen LogP contribution in [0.25, 0.3) is 0 Å². The van der Waals surface area contributed by atoms with Crippen LogP contribution in [-0.2, 0) is 0 Å². The molecule has 0 saturated heterocycles. The molecule has 4 nitrogen and oxygen atoms in total. The highest BCUT2D eigenvalue weighted by Gasteiger charge is 2.15. The van der Waals surface area contributed by atoms with Crippen molar-refractivity contribution >= 4 is 5.84 Å². The minimum atomic E-state index is -0.609. The summed E-state index contributed by atoms with van der Waals surface area (Å²) in [5.74, 6) is -0.147. The van der Waals surface area contributed by atoms with E-state index in [1.807, 2.05) is 26.0 Å². The van der Waals surface area contributed by atoms with E-state index in [1.54, 1.807) is 12.1 Å². The van der Waals surface area contributed by atoms with Crippen molar-refractivity contribution < 1.29 is 14.3 Å². The number of oxime groups is 1. The number of amidine groups is 1. The first-order valence-corrected chi connectivity index (χ1v) is 6.04. The topological polar surface area (TPSA) is 67.8 Å². The fraction of sp³-hybridized carbons (Fsp3) is 0.133. The fourth-order valence-corrected chi connectivity index (χ4v) is 1.92. The van der Waals surface area contributed by atoms with E-state index in [0.29, 0.717) is 5.75 Å². The lowest BCUT2D eigenvalue weighted by molar-refractivity contribution is 0.318. The Morgan fingerprint density at radius 1 is 1.20 bits per heavy atom. The molecule has 2 rings (SSSR count). The van der Waals surface area contributed by atoms with Gasteiger partial charge in [-0.1, -0.05) is 28.9 Å². The Hall–Kier alpha value is -2.56. The summed E-state index contributed by atoms with van der Waals surface area (Å²) in [4.78, 5) is 0. The second-order valence-corrected chi connectivity index (χ2v) is 4.47. The Morgan fingerprint density at radius 3 is 2.60 bits per heavy atom. The standard InChI is InChI=1S/C15H15FN2O2/c1-9-6-7-12(10(2)8-9)20-13-5-3-4-11(16)14(13)15(17)18-19/h3-8,19H,1-2H3,(H2,17,18). The Bertz CT molecular complexity index is 669. The molecule has 5 heteroatoms. The first-order chi connectivity index (χ1) is 9.52. The van der Waals surface area contributed by atoms with Crippen LogP contribution >= 0.6 is 0 Å². The van der Waals surface area contributed by atoms with Crippen LogP contribution in [0.15, 0.2) is 41.6 Å². The SMILES string of the molecule is Cc1ccc(Oc2cccc(F)c2C(N)=NO)c(C)c1. The van der Waals surface area contributed by atoms with Crippen LogP contribution in [0.4, 0.5) is 4.39 Å². The van der Waals surface area contributed by atoms with Crippen LogP contribution in [0.1, 0.15) is 16.7 Å². The van der Waals surface area contributed by atoms with Crippen molar-refractivity contribution in [1.82, 2.24) is 0 Å². The van der Waals surface area contributed by atoms with E-state index in [1.165, 1.54) is 12.1 Å². The summed E-state index contributed by atoms with van der Waals surface area (Å²) >= 11 is 0. The Balaban J connectivity index is 2.46. The highest BCUT2D eigenvalue weighted by atomic mass is 19.1. The summed E-state index contributed by atoms with van der Waals surface area (Å²) in [6, 6.07) is 9.94. The molecule has 0 atom stereocenters. The predicted molar refractivity (Wildman–Crippen MR) is 74.9 cm³/mol. The minimum absolute atomic E-state index is 0.0602. The van der Waals surface area contributed by atoms with E-state index < -0.39 is 5.82 Å². The molecule has 0 heterocycles. The van der Waals surface area contributed by atoms with Gasteiger partial charge in [-0.2, -0.15) is 0 Å². The average molecular weight is 274 g/mol. The summed E-state index contributed by atoms with van der Waals surface area (Å²) in [5, 5.41) is 11.6. The van der Waals surface area contributed by atoms with Gasteiger partial charge in [0.1, 0.15) is 17.3 Å². The zero-order valence-electron chi connectivity index (χ0n) is 11.2. The highest BCUT2D eigenvalue weighted by molar-refractivity contribution is 5.99. The van der Waals surface area contributed by atoms with Crippen LogP contribution in [0, 0.1) is 19.7 Å². The summed E-state index contributed by atoms with van der Waals surface area (Å²) < 4.78 is 19.5. The van der Waals surface area contributed by atoms with E-state index in [9.17, 15) is 4.39 Å². The van der Waals surface area contributed by atoms with Gasteiger partial charge in [0, 0.05) is 0 Å². The second-order valence-electron chi connectivity index (χ2n) is 4.47. The number of nitrogens with two attached hydrogens (primary N) is 1. The van der Waals surface area contributed by atoms with E-state index in [4.69, 9.17) is 15.7 Å². The average Bonchev–Trinajstić information content (AvgIpc) is 2.41. The van der Waals surface area contributed by atoms with Crippen LogP contribution in [0.2, 0.25) is 0 Å². The first-order valence-electron chi connectivity index (χ1n) is 6.04. The van der Waals surface area contributed by atoms with Gasteiger partial charge in [-0.25, -0.2) is 4.39 Å². The zero-order chi connectivity index (χ0) is 14.7. The number of nitrogens with zero attached hydrogens (tertiary/aromatic N) is 1. The lowest BCUT2D eigenvalue weighted by Gasteiger charge is -2.13. The van der Waals surface area contributed by atoms with Crippen molar-refractivity contribution in [2.45, 2.75) is 13.8 Å². The molecule has 104 valence electrons. The number of aryl methyl sites for hydroxylation is 2. The highest BCUT2D eigenvalue weighted by Crippen LogP contribution is 2.29. The third kappa shape index (κ3) is 2.71. The van der Waals surface area contributed by atoms with Gasteiger partial charge in [-0.05, 0) is 37.6 Å². The molecule has 20 heavy (non-hydrogen) atoms. The van der Waals surface area contributed by atoms with Gasteiger partial charge in [0.25, 0.3) is 0 Å². The van der Waals surface area contributed by atoms with E-state index in [2.05, 4.69) is 5.16 Å². The molecule has 0 aromatic heterocycles. The van der Waals surface area contributed by atoms with E-state index >= 15 is 0 Å². The maximum atomic E-state index is 13.8. The van der Waals surface area contributed by atoms with Crippen LogP contribution in [0.3, 0.4) is 0 Å². The fourth-order valence-electron chi connectivity index (χ4n) is 1.92. The third-order valence-corrected chi connectivity index (χ3v) is 2.89. The van der Waals surface area contributed by atoms with Gasteiger partial charge in [-0.3, -0.25) is 0 Å². The molecule has 0 saturated carbocycles. The number of halogens is 1. The largest absolute Gasteiger partial charge is 0.456 e. The van der Waals surface area contributed by atoms with Gasteiger partial charge in [-0.15, -0.1) is 0 Å². The van der Waals surface area contributed by atoms with Gasteiger partial charge in [0.05, 0.1) is 5.56 Å². The normalized spacial score (nSPS) is 11.4. The smallest absolute Gasteiger partial charge is 0.176 e. The van der Waals surface area contributed by atoms with Crippen LogP contribution in [-0.4, -0.2) is 11.0 Å². The van der Waals surface area contributed by atoms with Crippen molar-refractivity contribution in [1.29, 1.82) is 0 Å². The van der Waals surface area contributed by atoms with Crippen molar-refractivity contribution in [2.75, 3.05) is 0 Å². The number of hydrogen-bond acceptors (Lipinski definition) is 3. The number of ether oxygens (including phenoxy) is 1. The molecule has 2 aromatic rings. The zero-order valence-corrected chi connectivity index (χ0v) is 11.2. The monoisotopic (exact) mass is 274 g/mol. The predicted octanol–water partition coefficient (Wildman–Crippen LogP) is 3.33. The van der Waals surface area contributed by atoms with Gasteiger partial charge < -0.3 is 15.7 Å². The lowest BCUT2D eigenvalue weighted by atomic mass is 10.1. The van der Waals surface area contributed by atoms with Gasteiger partial charge in [0.2, 0.25) is 0 Å². The molecule has 0 bridgehead atoms. The molecule has 0 fully saturated rings. The summed E-state index contributed by atoms with van der Waals surface area (Å²) in [6.45, 7) is 3.87. The summed E-state index contributed by atoms with van der Waals surface area (Å²) in [6.07, 6.45) is 0. The molecule has 0 radical (unpaired) electrons. The Morgan fingerprint density at radius 2 is 1.95 bits per heavy atom. The molecule has 0 amide bonds. The summed E-state index contributed by atoms with van der Waals surface area (Å²) in [7, 11) is 0. The van der Waals surface area contributed by atoms with E-state index in [-0.39, 0.29) is 17.1 Å². The lowest BCUT2D eigenvalue weighted by Crippen LogP contribution is -2.16. The maximum Gasteiger partial charge on any atom is 0.176 e.